The van der Waals surface area contributed by atoms with Gasteiger partial charge in [-0.15, -0.1) is 0 Å². The van der Waals surface area contributed by atoms with Gasteiger partial charge < -0.3 is 25.2 Å². The van der Waals surface area contributed by atoms with Crippen LogP contribution in [0.2, 0.25) is 0 Å². The van der Waals surface area contributed by atoms with E-state index in [9.17, 15) is 9.90 Å². The molecule has 1 aliphatic heterocycles. The summed E-state index contributed by atoms with van der Waals surface area (Å²) in [5.74, 6) is 1.73. The maximum Gasteiger partial charge on any atom is 0.255 e. The number of aliphatic hydroxyl groups is 1. The second kappa shape index (κ2) is 6.56. The van der Waals surface area contributed by atoms with Gasteiger partial charge in [0.15, 0.2) is 0 Å². The van der Waals surface area contributed by atoms with Crippen LogP contribution in [0.5, 0.6) is 5.88 Å². The smallest absolute Gasteiger partial charge is 0.255 e. The van der Waals surface area contributed by atoms with Crippen molar-refractivity contribution in [2.75, 3.05) is 24.7 Å². The van der Waals surface area contributed by atoms with E-state index in [1.54, 1.807) is 0 Å². The molecule has 2 unspecified atom stereocenters. The predicted octanol–water partition coefficient (Wildman–Crippen LogP) is 1.12. The van der Waals surface area contributed by atoms with Crippen LogP contribution in [0.25, 0.3) is 0 Å². The summed E-state index contributed by atoms with van der Waals surface area (Å²) in [5.41, 5.74) is 5.18. The molecule has 8 nitrogen and oxygen atoms in total. The molecule has 0 radical (unpaired) electrons. The molecule has 0 spiro atoms. The number of primary amides is 1. The normalized spacial score (nSPS) is 36.2. The zero-order valence-electron chi connectivity index (χ0n) is 16.2. The average molecular weight is 388 g/mol. The summed E-state index contributed by atoms with van der Waals surface area (Å²) in [5, 5.41) is 10.9. The lowest BCUT2D eigenvalue weighted by Crippen LogP contribution is -2.66. The van der Waals surface area contributed by atoms with Crippen molar-refractivity contribution in [3.05, 3.63) is 11.8 Å². The molecule has 152 valence electrons. The predicted molar refractivity (Wildman–Crippen MR) is 101 cm³/mol. The number of amides is 1. The Labute approximate surface area is 164 Å². The summed E-state index contributed by atoms with van der Waals surface area (Å²) < 4.78 is 11.1. The van der Waals surface area contributed by atoms with E-state index in [1.165, 1.54) is 6.20 Å². The highest BCUT2D eigenvalue weighted by molar-refractivity contribution is 5.94. The van der Waals surface area contributed by atoms with Gasteiger partial charge in [0.05, 0.1) is 31.5 Å². The van der Waals surface area contributed by atoms with Gasteiger partial charge in [-0.05, 0) is 56.8 Å². The quantitative estimate of drug-likeness (QED) is 0.751. The van der Waals surface area contributed by atoms with Crippen molar-refractivity contribution < 1.29 is 19.4 Å². The van der Waals surface area contributed by atoms with Gasteiger partial charge in [0.25, 0.3) is 5.91 Å². The monoisotopic (exact) mass is 388 g/mol. The van der Waals surface area contributed by atoms with Crippen molar-refractivity contribution in [3.8, 4) is 5.88 Å². The zero-order valence-corrected chi connectivity index (χ0v) is 16.2. The summed E-state index contributed by atoms with van der Waals surface area (Å²) in [4.78, 5) is 23.1. The van der Waals surface area contributed by atoms with E-state index in [4.69, 9.17) is 15.2 Å². The van der Waals surface area contributed by atoms with Crippen LogP contribution >= 0.6 is 0 Å². The highest BCUT2D eigenvalue weighted by Crippen LogP contribution is 2.57. The summed E-state index contributed by atoms with van der Waals surface area (Å²) in [6.45, 7) is 3.54. The first-order chi connectivity index (χ1) is 13.5. The molecule has 5 fully saturated rings. The molecule has 4 bridgehead atoms. The molecule has 6 rings (SSSR count). The lowest BCUT2D eigenvalue weighted by atomic mass is 9.52. The van der Waals surface area contributed by atoms with Gasteiger partial charge >= 0.3 is 0 Å². The summed E-state index contributed by atoms with van der Waals surface area (Å²) in [6, 6.07) is 0.505. The van der Waals surface area contributed by atoms with Crippen molar-refractivity contribution in [2.24, 2.45) is 23.5 Å². The zero-order chi connectivity index (χ0) is 19.5. The fraction of sp³-hybridized carbons (Fsp3) is 0.750. The van der Waals surface area contributed by atoms with Crippen LogP contribution in [0.1, 0.15) is 49.4 Å². The fourth-order valence-electron chi connectivity index (χ4n) is 6.23. The van der Waals surface area contributed by atoms with Crippen molar-refractivity contribution >= 4 is 11.9 Å². The van der Waals surface area contributed by atoms with Gasteiger partial charge in [0.1, 0.15) is 5.56 Å². The molecule has 3 N–H and O–H groups in total. The first-order valence-electron chi connectivity index (χ1n) is 10.4. The molecule has 0 aromatic carbocycles. The molecule has 2 atom stereocenters. The van der Waals surface area contributed by atoms with Crippen LogP contribution in [0.15, 0.2) is 6.20 Å². The van der Waals surface area contributed by atoms with Gasteiger partial charge in [-0.3, -0.25) is 4.79 Å². The molecule has 1 aromatic heterocycles. The third kappa shape index (κ3) is 2.85. The van der Waals surface area contributed by atoms with Crippen LogP contribution in [0.3, 0.4) is 0 Å². The number of anilines is 1. The topological polar surface area (TPSA) is 111 Å². The minimum atomic E-state index is -0.592. The molecule has 4 aliphatic carbocycles. The van der Waals surface area contributed by atoms with Crippen molar-refractivity contribution in [1.82, 2.24) is 9.97 Å². The molecule has 5 aliphatic rings. The van der Waals surface area contributed by atoms with Crippen molar-refractivity contribution in [3.63, 3.8) is 0 Å². The number of hydrogen-bond acceptors (Lipinski definition) is 7. The number of ether oxygens (including phenoxy) is 2. The van der Waals surface area contributed by atoms with Gasteiger partial charge in [-0.25, -0.2) is 4.98 Å². The SMILES string of the molecule is CCOc1nc(N(C2COC2)C2C3CC4CC2CC(O)(C4)C3)ncc1C(N)=O. The highest BCUT2D eigenvalue weighted by atomic mass is 16.5. The minimum absolute atomic E-state index is 0.204. The van der Waals surface area contributed by atoms with E-state index in [0.29, 0.717) is 49.6 Å². The van der Waals surface area contributed by atoms with Crippen molar-refractivity contribution in [1.29, 1.82) is 0 Å². The van der Waals surface area contributed by atoms with E-state index in [1.807, 2.05) is 6.92 Å². The van der Waals surface area contributed by atoms with Gasteiger partial charge in [0.2, 0.25) is 11.8 Å². The van der Waals surface area contributed by atoms with Crippen molar-refractivity contribution in [2.45, 2.75) is 56.7 Å². The Bertz CT molecular complexity index is 767. The van der Waals surface area contributed by atoms with Crippen LogP contribution in [0.4, 0.5) is 5.95 Å². The first-order valence-corrected chi connectivity index (χ1v) is 10.4. The highest BCUT2D eigenvalue weighted by Gasteiger charge is 2.57. The Kier molecular flexibility index (Phi) is 4.24. The van der Waals surface area contributed by atoms with E-state index in [-0.39, 0.29) is 17.5 Å². The number of aromatic nitrogens is 2. The molecule has 4 saturated carbocycles. The fourth-order valence-corrected chi connectivity index (χ4v) is 6.23. The van der Waals surface area contributed by atoms with Crippen LogP contribution < -0.4 is 15.4 Å². The largest absolute Gasteiger partial charge is 0.477 e. The summed E-state index contributed by atoms with van der Waals surface area (Å²) in [6.07, 6.45) is 6.46. The maximum absolute atomic E-state index is 11.7. The van der Waals surface area contributed by atoms with E-state index in [2.05, 4.69) is 14.9 Å². The summed E-state index contributed by atoms with van der Waals surface area (Å²) >= 11 is 0. The van der Waals surface area contributed by atoms with Gasteiger partial charge in [0, 0.05) is 12.2 Å². The Morgan fingerprint density at radius 1 is 1.36 bits per heavy atom. The standard InChI is InChI=1S/C20H28N4O4/c1-2-28-18-15(17(21)25)8-22-19(23-18)24(14-9-27-10-14)16-12-3-11-4-13(16)7-20(26,5-11)6-12/h8,11-14,16,26H,2-7,9-10H2,1H3,(H2,21,25). The number of carbonyl (C=O) groups is 1. The molecule has 2 heterocycles. The number of nitrogens with two attached hydrogens (primary N) is 1. The lowest BCUT2D eigenvalue weighted by molar-refractivity contribution is -0.138. The van der Waals surface area contributed by atoms with E-state index in [0.717, 1.165) is 32.1 Å². The third-order valence-electron chi connectivity index (χ3n) is 7.04. The molecule has 1 amide bonds. The number of carbonyl (C=O) groups excluding carboxylic acids is 1. The number of hydrogen-bond donors (Lipinski definition) is 2. The number of rotatable bonds is 6. The van der Waals surface area contributed by atoms with Crippen LogP contribution in [-0.4, -0.2) is 58.5 Å². The Balaban J connectivity index is 1.52. The van der Waals surface area contributed by atoms with E-state index >= 15 is 0 Å². The summed E-state index contributed by atoms with van der Waals surface area (Å²) in [7, 11) is 0. The second-order valence-electron chi connectivity index (χ2n) is 8.97. The average Bonchev–Trinajstić information content (AvgIpc) is 2.57. The third-order valence-corrected chi connectivity index (χ3v) is 7.04. The Hall–Kier alpha value is -1.93. The molecule has 28 heavy (non-hydrogen) atoms. The van der Waals surface area contributed by atoms with Gasteiger partial charge in [-0.2, -0.15) is 4.98 Å². The van der Waals surface area contributed by atoms with Gasteiger partial charge in [-0.1, -0.05) is 0 Å². The lowest BCUT2D eigenvalue weighted by Gasteiger charge is -2.61. The van der Waals surface area contributed by atoms with Crippen LogP contribution in [-0.2, 0) is 4.74 Å². The maximum atomic E-state index is 11.7. The van der Waals surface area contributed by atoms with Crippen LogP contribution in [0, 0.1) is 17.8 Å². The molecular formula is C20H28N4O4. The minimum Gasteiger partial charge on any atom is -0.477 e. The first kappa shape index (κ1) is 18.1. The second-order valence-corrected chi connectivity index (χ2v) is 8.97. The Morgan fingerprint density at radius 2 is 2.07 bits per heavy atom. The van der Waals surface area contributed by atoms with E-state index < -0.39 is 11.5 Å². The molecule has 1 saturated heterocycles. The Morgan fingerprint density at radius 3 is 2.61 bits per heavy atom. The number of nitrogens with zero attached hydrogens (tertiary/aromatic N) is 3. The molecule has 8 heteroatoms. The molecular weight excluding hydrogens is 360 g/mol. The molecule has 1 aromatic rings.